The third-order valence-corrected chi connectivity index (χ3v) is 2.61. The number of ether oxygens (including phenoxy) is 2. The Hall–Kier alpha value is -0.570. The van der Waals surface area contributed by atoms with Crippen molar-refractivity contribution in [2.24, 2.45) is 5.92 Å². The lowest BCUT2D eigenvalue weighted by Crippen LogP contribution is -2.26. The Morgan fingerprint density at radius 2 is 2.36 bits per heavy atom. The summed E-state index contributed by atoms with van der Waals surface area (Å²) < 4.78 is 10.2. The Kier molecular flexibility index (Phi) is 1.60. The van der Waals surface area contributed by atoms with E-state index in [0.29, 0.717) is 6.10 Å². The van der Waals surface area contributed by atoms with Crippen molar-refractivity contribution in [1.82, 2.24) is 0 Å². The van der Waals surface area contributed by atoms with Gasteiger partial charge in [0.2, 0.25) is 0 Å². The third kappa shape index (κ3) is 1.03. The summed E-state index contributed by atoms with van der Waals surface area (Å²) in [6.45, 7) is 0. The number of rotatable bonds is 1. The molecule has 0 amide bonds. The molecule has 0 N–H and O–H groups in total. The van der Waals surface area contributed by atoms with Gasteiger partial charge in [-0.2, -0.15) is 0 Å². The maximum atomic E-state index is 11.1. The molecule has 0 radical (unpaired) electrons. The van der Waals surface area contributed by atoms with Gasteiger partial charge in [0, 0.05) is 0 Å². The molecule has 2 heterocycles. The quantitative estimate of drug-likeness (QED) is 0.525. The summed E-state index contributed by atoms with van der Waals surface area (Å²) in [5, 5.41) is 0. The molecule has 0 spiro atoms. The maximum Gasteiger partial charge on any atom is 0.311 e. The van der Waals surface area contributed by atoms with Gasteiger partial charge in [0.1, 0.15) is 0 Å². The van der Waals surface area contributed by atoms with Crippen LogP contribution in [-0.2, 0) is 14.3 Å². The minimum atomic E-state index is -0.0998. The maximum absolute atomic E-state index is 11.1. The molecule has 2 aliphatic rings. The molecule has 2 rings (SSSR count). The predicted molar refractivity (Wildman–Crippen MR) is 38.0 cm³/mol. The number of carbonyl (C=O) groups is 1. The Balaban J connectivity index is 2.02. The standard InChI is InChI=1S/C8H12O3/c1-10-8(9)6-4-5-2-3-7(6)11-5/h5-7H,2-4H2,1H3/t5-,6-,7-/m1/s1. The van der Waals surface area contributed by atoms with Gasteiger partial charge < -0.3 is 9.47 Å². The summed E-state index contributed by atoms with van der Waals surface area (Å²) in [6, 6.07) is 0. The second kappa shape index (κ2) is 2.48. The van der Waals surface area contributed by atoms with Gasteiger partial charge in [0.05, 0.1) is 25.2 Å². The summed E-state index contributed by atoms with van der Waals surface area (Å²) in [6.07, 6.45) is 3.52. The first kappa shape index (κ1) is 7.10. The van der Waals surface area contributed by atoms with Gasteiger partial charge in [-0.05, 0) is 19.3 Å². The van der Waals surface area contributed by atoms with Crippen molar-refractivity contribution >= 4 is 5.97 Å². The molecule has 0 aromatic carbocycles. The SMILES string of the molecule is COC(=O)[C@@H]1C[C@H]2CC[C@H]1O2. The van der Waals surface area contributed by atoms with Crippen LogP contribution in [0.15, 0.2) is 0 Å². The lowest BCUT2D eigenvalue weighted by Gasteiger charge is -2.14. The van der Waals surface area contributed by atoms with Crippen LogP contribution in [0.5, 0.6) is 0 Å². The first-order chi connectivity index (χ1) is 5.31. The fraction of sp³-hybridized carbons (Fsp3) is 0.875. The van der Waals surface area contributed by atoms with Crippen molar-refractivity contribution in [2.75, 3.05) is 7.11 Å². The van der Waals surface area contributed by atoms with Crippen molar-refractivity contribution in [3.63, 3.8) is 0 Å². The molecule has 0 saturated carbocycles. The van der Waals surface area contributed by atoms with E-state index in [0.717, 1.165) is 19.3 Å². The van der Waals surface area contributed by atoms with E-state index in [1.54, 1.807) is 0 Å². The molecule has 2 bridgehead atoms. The molecule has 2 fully saturated rings. The number of hydrogen-bond donors (Lipinski definition) is 0. The Labute approximate surface area is 65.7 Å². The minimum absolute atomic E-state index is 0.0266. The number of hydrogen-bond acceptors (Lipinski definition) is 3. The number of fused-ring (bicyclic) bond motifs is 2. The second-order valence-corrected chi connectivity index (χ2v) is 3.24. The highest BCUT2D eigenvalue weighted by molar-refractivity contribution is 5.73. The van der Waals surface area contributed by atoms with Crippen LogP contribution < -0.4 is 0 Å². The van der Waals surface area contributed by atoms with Crippen LogP contribution in [-0.4, -0.2) is 25.3 Å². The molecule has 0 aliphatic carbocycles. The Bertz CT molecular complexity index is 178. The molecule has 11 heavy (non-hydrogen) atoms. The van der Waals surface area contributed by atoms with E-state index in [1.165, 1.54) is 7.11 Å². The molecule has 62 valence electrons. The molecule has 3 nitrogen and oxygen atoms in total. The summed E-state index contributed by atoms with van der Waals surface area (Å²) in [4.78, 5) is 11.1. The lowest BCUT2D eigenvalue weighted by molar-refractivity contribution is -0.147. The summed E-state index contributed by atoms with van der Waals surface area (Å²) in [5.41, 5.74) is 0. The zero-order valence-corrected chi connectivity index (χ0v) is 6.58. The smallest absolute Gasteiger partial charge is 0.311 e. The van der Waals surface area contributed by atoms with E-state index in [-0.39, 0.29) is 18.0 Å². The number of methoxy groups -OCH3 is 1. The Morgan fingerprint density at radius 3 is 2.82 bits per heavy atom. The van der Waals surface area contributed by atoms with E-state index in [4.69, 9.17) is 4.74 Å². The summed E-state index contributed by atoms with van der Waals surface area (Å²) >= 11 is 0. The minimum Gasteiger partial charge on any atom is -0.469 e. The van der Waals surface area contributed by atoms with Gasteiger partial charge in [-0.25, -0.2) is 0 Å². The highest BCUT2D eigenvalue weighted by Crippen LogP contribution is 2.39. The van der Waals surface area contributed by atoms with Crippen molar-refractivity contribution in [3.05, 3.63) is 0 Å². The average molecular weight is 156 g/mol. The summed E-state index contributed by atoms with van der Waals surface area (Å²) in [7, 11) is 1.44. The van der Waals surface area contributed by atoms with Gasteiger partial charge in [0.25, 0.3) is 0 Å². The largest absolute Gasteiger partial charge is 0.469 e. The van der Waals surface area contributed by atoms with E-state index in [2.05, 4.69) is 4.74 Å². The van der Waals surface area contributed by atoms with Gasteiger partial charge in [-0.1, -0.05) is 0 Å². The van der Waals surface area contributed by atoms with Gasteiger partial charge >= 0.3 is 5.97 Å². The van der Waals surface area contributed by atoms with E-state index in [1.807, 2.05) is 0 Å². The van der Waals surface area contributed by atoms with Crippen molar-refractivity contribution in [2.45, 2.75) is 31.5 Å². The van der Waals surface area contributed by atoms with Gasteiger partial charge in [0.15, 0.2) is 0 Å². The topological polar surface area (TPSA) is 35.5 Å². The third-order valence-electron chi connectivity index (χ3n) is 2.61. The van der Waals surface area contributed by atoms with Gasteiger partial charge in [-0.15, -0.1) is 0 Å². The highest BCUT2D eigenvalue weighted by atomic mass is 16.5. The molecule has 0 unspecified atom stereocenters. The molecule has 2 aliphatic heterocycles. The average Bonchev–Trinajstić information content (AvgIpc) is 2.62. The van der Waals surface area contributed by atoms with Crippen LogP contribution in [0, 0.1) is 5.92 Å². The van der Waals surface area contributed by atoms with E-state index >= 15 is 0 Å². The summed E-state index contributed by atoms with van der Waals surface area (Å²) in [5.74, 6) is -0.0732. The van der Waals surface area contributed by atoms with Crippen molar-refractivity contribution < 1.29 is 14.3 Å². The molecular weight excluding hydrogens is 144 g/mol. The van der Waals surface area contributed by atoms with Crippen molar-refractivity contribution in [1.29, 1.82) is 0 Å². The van der Waals surface area contributed by atoms with Crippen LogP contribution >= 0.6 is 0 Å². The highest BCUT2D eigenvalue weighted by Gasteiger charge is 2.44. The molecule has 3 heteroatoms. The fourth-order valence-electron chi connectivity index (χ4n) is 2.04. The van der Waals surface area contributed by atoms with E-state index in [9.17, 15) is 4.79 Å². The number of carbonyl (C=O) groups excluding carboxylic acids is 1. The molecule has 0 aromatic heterocycles. The fourth-order valence-corrected chi connectivity index (χ4v) is 2.04. The van der Waals surface area contributed by atoms with Crippen molar-refractivity contribution in [3.8, 4) is 0 Å². The second-order valence-electron chi connectivity index (χ2n) is 3.24. The van der Waals surface area contributed by atoms with Crippen LogP contribution in [0.4, 0.5) is 0 Å². The first-order valence-corrected chi connectivity index (χ1v) is 4.04. The molecule has 3 atom stereocenters. The Morgan fingerprint density at radius 1 is 1.55 bits per heavy atom. The van der Waals surface area contributed by atoms with E-state index < -0.39 is 0 Å². The van der Waals surface area contributed by atoms with Crippen LogP contribution in [0.2, 0.25) is 0 Å². The van der Waals surface area contributed by atoms with Crippen LogP contribution in [0.1, 0.15) is 19.3 Å². The zero-order chi connectivity index (χ0) is 7.84. The molecule has 2 saturated heterocycles. The van der Waals surface area contributed by atoms with Crippen LogP contribution in [0.25, 0.3) is 0 Å². The van der Waals surface area contributed by atoms with Crippen LogP contribution in [0.3, 0.4) is 0 Å². The monoisotopic (exact) mass is 156 g/mol. The first-order valence-electron chi connectivity index (χ1n) is 4.04. The zero-order valence-electron chi connectivity index (χ0n) is 6.58. The van der Waals surface area contributed by atoms with Gasteiger partial charge in [-0.3, -0.25) is 4.79 Å². The number of esters is 1. The predicted octanol–water partition coefficient (Wildman–Crippen LogP) is 0.727. The molecule has 0 aromatic rings. The normalized spacial score (nSPS) is 41.0. The molecular formula is C8H12O3. The lowest BCUT2D eigenvalue weighted by atomic mass is 9.89.